The van der Waals surface area contributed by atoms with Gasteiger partial charge in [-0.05, 0) is 43.7 Å². The minimum absolute atomic E-state index is 0.297. The topological polar surface area (TPSA) is 112 Å². The Balaban J connectivity index is 1.63. The summed E-state index contributed by atoms with van der Waals surface area (Å²) in [4.78, 5) is 46.2. The van der Waals surface area contributed by atoms with Crippen molar-refractivity contribution in [1.82, 2.24) is 14.5 Å². The number of rotatable bonds is 11. The van der Waals surface area contributed by atoms with Crippen molar-refractivity contribution in [2.24, 2.45) is 0 Å². The molecule has 3 aromatic carbocycles. The Kier molecular flexibility index (Phi) is 9.59. The van der Waals surface area contributed by atoms with E-state index in [1.165, 1.54) is 26.2 Å². The zero-order chi connectivity index (χ0) is 30.2. The van der Waals surface area contributed by atoms with Gasteiger partial charge in [0.2, 0.25) is 17.8 Å². The van der Waals surface area contributed by atoms with Gasteiger partial charge in [0.1, 0.15) is 6.54 Å². The highest BCUT2D eigenvalue weighted by Gasteiger charge is 2.36. The Morgan fingerprint density at radius 1 is 0.881 bits per heavy atom. The summed E-state index contributed by atoms with van der Waals surface area (Å²) < 4.78 is 17.4. The van der Waals surface area contributed by atoms with Gasteiger partial charge in [-0.15, -0.1) is 0 Å². The van der Waals surface area contributed by atoms with E-state index in [0.29, 0.717) is 28.7 Å². The highest BCUT2D eigenvalue weighted by molar-refractivity contribution is 6.05. The van der Waals surface area contributed by atoms with E-state index < -0.39 is 29.7 Å². The van der Waals surface area contributed by atoms with Crippen LogP contribution in [0.5, 0.6) is 11.5 Å². The van der Waals surface area contributed by atoms with Crippen LogP contribution in [-0.4, -0.2) is 66.2 Å². The van der Waals surface area contributed by atoms with Crippen molar-refractivity contribution < 1.29 is 28.6 Å². The van der Waals surface area contributed by atoms with Crippen molar-refractivity contribution in [1.29, 1.82) is 0 Å². The molecule has 1 atom stereocenters. The van der Waals surface area contributed by atoms with Crippen LogP contribution in [0.15, 0.2) is 85.1 Å². The molecule has 10 heteroatoms. The third-order valence-corrected chi connectivity index (χ3v) is 6.71. The minimum atomic E-state index is -1.32. The highest BCUT2D eigenvalue weighted by Crippen LogP contribution is 2.32. The molecule has 1 unspecified atom stereocenters. The average Bonchev–Trinajstić information content (AvgIpc) is 3.43. The number of imidazole rings is 1. The van der Waals surface area contributed by atoms with Crippen LogP contribution in [0.4, 0.5) is 5.95 Å². The molecule has 218 valence electrons. The van der Waals surface area contributed by atoms with Crippen molar-refractivity contribution in [2.45, 2.75) is 25.8 Å². The molecular formula is C32H34N4O6. The fourth-order valence-corrected chi connectivity index (χ4v) is 4.53. The molecule has 0 aliphatic rings. The predicted octanol–water partition coefficient (Wildman–Crippen LogP) is 4.69. The first-order valence-corrected chi connectivity index (χ1v) is 13.4. The summed E-state index contributed by atoms with van der Waals surface area (Å²) in [6, 6.07) is 23.5. The number of para-hydroxylation sites is 1. The maximum Gasteiger partial charge on any atom is 0.322 e. The molecule has 0 saturated heterocycles. The van der Waals surface area contributed by atoms with Crippen molar-refractivity contribution in [3.05, 3.63) is 90.6 Å². The number of anilines is 1. The molecule has 0 fully saturated rings. The molecule has 2 amide bonds. The Morgan fingerprint density at radius 3 is 2.12 bits per heavy atom. The van der Waals surface area contributed by atoms with E-state index in [0.717, 1.165) is 11.3 Å². The van der Waals surface area contributed by atoms with Crippen LogP contribution in [0.3, 0.4) is 0 Å². The third-order valence-electron chi connectivity index (χ3n) is 6.71. The van der Waals surface area contributed by atoms with E-state index in [4.69, 9.17) is 14.2 Å². The molecule has 0 aliphatic carbocycles. The monoisotopic (exact) mass is 570 g/mol. The average molecular weight is 571 g/mol. The summed E-state index contributed by atoms with van der Waals surface area (Å²) in [5.41, 5.74) is 2.71. The number of hydrogen-bond acceptors (Lipinski definition) is 7. The Morgan fingerprint density at radius 2 is 1.52 bits per heavy atom. The van der Waals surface area contributed by atoms with Gasteiger partial charge in [-0.1, -0.05) is 54.6 Å². The lowest BCUT2D eigenvalue weighted by molar-refractivity contribution is -0.151. The minimum Gasteiger partial charge on any atom is -0.493 e. The van der Waals surface area contributed by atoms with Gasteiger partial charge in [0.05, 0.1) is 27.0 Å². The van der Waals surface area contributed by atoms with Crippen LogP contribution < -0.4 is 14.8 Å². The van der Waals surface area contributed by atoms with Crippen LogP contribution in [0.1, 0.15) is 25.3 Å². The molecule has 0 saturated carbocycles. The second-order valence-electron chi connectivity index (χ2n) is 9.70. The maximum absolute atomic E-state index is 13.9. The quantitative estimate of drug-likeness (QED) is 0.206. The first-order valence-electron chi connectivity index (χ1n) is 13.4. The second kappa shape index (κ2) is 13.5. The van der Waals surface area contributed by atoms with Crippen molar-refractivity contribution >= 4 is 23.7 Å². The van der Waals surface area contributed by atoms with E-state index in [1.54, 1.807) is 36.6 Å². The number of benzene rings is 3. The molecule has 0 radical (unpaired) electrons. The molecule has 1 heterocycles. The van der Waals surface area contributed by atoms with Crippen molar-refractivity contribution in [3.63, 3.8) is 0 Å². The van der Waals surface area contributed by atoms with Crippen LogP contribution >= 0.6 is 0 Å². The fraction of sp³-hybridized carbons (Fsp3) is 0.250. The summed E-state index contributed by atoms with van der Waals surface area (Å²) in [7, 11) is 4.17. The normalized spacial score (nSPS) is 11.5. The van der Waals surface area contributed by atoms with Gasteiger partial charge in [0, 0.05) is 23.5 Å². The molecule has 42 heavy (non-hydrogen) atoms. The molecule has 0 aliphatic heterocycles. The van der Waals surface area contributed by atoms with Crippen LogP contribution in [0.2, 0.25) is 0 Å². The van der Waals surface area contributed by atoms with Gasteiger partial charge >= 0.3 is 5.97 Å². The Bertz CT molecular complexity index is 1540. The first-order chi connectivity index (χ1) is 20.3. The van der Waals surface area contributed by atoms with Gasteiger partial charge in [0.15, 0.2) is 17.4 Å². The Labute approximate surface area is 244 Å². The van der Waals surface area contributed by atoms with Gasteiger partial charge < -0.3 is 19.1 Å². The number of nitrogens with zero attached hydrogens (tertiary/aromatic N) is 3. The third kappa shape index (κ3) is 6.60. The Hall–Kier alpha value is -5.12. The largest absolute Gasteiger partial charge is 0.493 e. The van der Waals surface area contributed by atoms with E-state index in [9.17, 15) is 14.4 Å². The molecule has 0 spiro atoms. The molecular weight excluding hydrogens is 536 g/mol. The van der Waals surface area contributed by atoms with Crippen LogP contribution in [-0.2, 0) is 19.1 Å². The predicted molar refractivity (Wildman–Crippen MR) is 159 cm³/mol. The fourth-order valence-electron chi connectivity index (χ4n) is 4.53. The van der Waals surface area contributed by atoms with Gasteiger partial charge in [-0.2, -0.15) is 0 Å². The summed E-state index contributed by atoms with van der Waals surface area (Å²) in [6.45, 7) is 3.22. The smallest absolute Gasteiger partial charge is 0.322 e. The summed E-state index contributed by atoms with van der Waals surface area (Å²) in [5.74, 6) is -2.04. The lowest BCUT2D eigenvalue weighted by Crippen LogP contribution is -2.46. The number of hydrogen-bond donors (Lipinski definition) is 1. The number of carbonyl (C=O) groups is 3. The zero-order valence-electron chi connectivity index (χ0n) is 24.2. The standard InChI is InChI=1S/C32H34N4O6/c1-21(2)35(30(38)29(31(39)42-5)23-16-17-26(40-3)27(18-23)41-4)20-28(37)34-32-33-25(22-12-8-6-9-13-22)19-36(32)24-14-10-7-11-15-24/h6-19,21,29H,20H2,1-5H3,(H,33,34,37). The van der Waals surface area contributed by atoms with Crippen LogP contribution in [0, 0.1) is 0 Å². The van der Waals surface area contributed by atoms with E-state index in [-0.39, 0.29) is 6.54 Å². The molecule has 1 N–H and O–H groups in total. The number of carbonyl (C=O) groups excluding carboxylic acids is 3. The van der Waals surface area contributed by atoms with E-state index in [2.05, 4.69) is 10.3 Å². The lowest BCUT2D eigenvalue weighted by atomic mass is 9.96. The number of esters is 1. The number of aromatic nitrogens is 2. The van der Waals surface area contributed by atoms with Crippen molar-refractivity contribution in [3.8, 4) is 28.4 Å². The number of amides is 2. The zero-order valence-corrected chi connectivity index (χ0v) is 24.2. The van der Waals surface area contributed by atoms with Gasteiger partial charge in [-0.25, -0.2) is 4.98 Å². The SMILES string of the molecule is COC(=O)C(C(=O)N(CC(=O)Nc1nc(-c2ccccc2)cn1-c1ccccc1)C(C)C)c1ccc(OC)c(OC)c1. The summed E-state index contributed by atoms with van der Waals surface area (Å²) >= 11 is 0. The second-order valence-corrected chi connectivity index (χ2v) is 9.70. The molecule has 0 bridgehead atoms. The lowest BCUT2D eigenvalue weighted by Gasteiger charge is -2.29. The molecule has 4 rings (SSSR count). The van der Waals surface area contributed by atoms with Gasteiger partial charge in [-0.3, -0.25) is 24.3 Å². The number of nitrogens with one attached hydrogen (secondary N) is 1. The number of ether oxygens (including phenoxy) is 3. The molecule has 1 aromatic heterocycles. The van der Waals surface area contributed by atoms with E-state index in [1.807, 2.05) is 66.9 Å². The molecule has 4 aromatic rings. The highest BCUT2D eigenvalue weighted by atomic mass is 16.5. The summed E-state index contributed by atoms with van der Waals surface area (Å²) in [5, 5.41) is 2.86. The maximum atomic E-state index is 13.9. The van der Waals surface area contributed by atoms with Crippen molar-refractivity contribution in [2.75, 3.05) is 33.2 Å². The number of methoxy groups -OCH3 is 3. The van der Waals surface area contributed by atoms with E-state index >= 15 is 0 Å². The van der Waals surface area contributed by atoms with Gasteiger partial charge in [0.25, 0.3) is 0 Å². The first kappa shape index (κ1) is 29.9. The van der Waals surface area contributed by atoms with Crippen LogP contribution in [0.25, 0.3) is 16.9 Å². The summed E-state index contributed by atoms with van der Waals surface area (Å²) in [6.07, 6.45) is 1.84. The molecule has 10 nitrogen and oxygen atoms in total.